The second-order valence-corrected chi connectivity index (χ2v) is 9.12. The minimum absolute atomic E-state index is 0.639. The van der Waals surface area contributed by atoms with Crippen molar-refractivity contribution in [2.45, 2.75) is 13.0 Å². The summed E-state index contributed by atoms with van der Waals surface area (Å²) in [5, 5.41) is 1.01. The standard InChI is InChI=1S/C27H35N5O3/c1-33-25-19-24-23(18-26(25)35-15-5-8-30-13-16-34-17-14-30)27(29-21-28-24)32-11-9-31(10-12-32)20-22-6-3-2-4-7-22/h2-4,6-7,18-19,21H,5,8-17,20H2,1H3. The molecule has 186 valence electrons. The molecule has 5 rings (SSSR count). The summed E-state index contributed by atoms with van der Waals surface area (Å²) in [5.41, 5.74) is 2.23. The van der Waals surface area contributed by atoms with Crippen LogP contribution in [-0.4, -0.2) is 92.5 Å². The van der Waals surface area contributed by atoms with Gasteiger partial charge in [-0.25, -0.2) is 9.97 Å². The molecule has 3 aromatic rings. The minimum atomic E-state index is 0.639. The van der Waals surface area contributed by atoms with Crippen LogP contribution in [0.5, 0.6) is 11.5 Å². The zero-order chi connectivity index (χ0) is 23.9. The van der Waals surface area contributed by atoms with Gasteiger partial charge in [0.05, 0.1) is 32.4 Å². The molecule has 0 radical (unpaired) electrons. The van der Waals surface area contributed by atoms with Gasteiger partial charge < -0.3 is 19.1 Å². The molecule has 2 aromatic carbocycles. The number of benzene rings is 2. The molecule has 8 nitrogen and oxygen atoms in total. The normalized spacial score (nSPS) is 17.6. The summed E-state index contributed by atoms with van der Waals surface area (Å²) in [7, 11) is 1.68. The number of aromatic nitrogens is 2. The number of hydrogen-bond donors (Lipinski definition) is 0. The number of hydrogen-bond acceptors (Lipinski definition) is 8. The molecule has 0 bridgehead atoms. The van der Waals surface area contributed by atoms with E-state index in [4.69, 9.17) is 14.2 Å². The summed E-state index contributed by atoms with van der Waals surface area (Å²) in [6, 6.07) is 14.7. The van der Waals surface area contributed by atoms with Crippen LogP contribution in [0.15, 0.2) is 48.8 Å². The highest BCUT2D eigenvalue weighted by molar-refractivity contribution is 5.92. The number of morpholine rings is 1. The zero-order valence-corrected chi connectivity index (χ0v) is 20.6. The number of fused-ring (bicyclic) bond motifs is 1. The zero-order valence-electron chi connectivity index (χ0n) is 20.6. The highest BCUT2D eigenvalue weighted by atomic mass is 16.5. The molecule has 2 aliphatic heterocycles. The van der Waals surface area contributed by atoms with E-state index in [1.54, 1.807) is 13.4 Å². The van der Waals surface area contributed by atoms with Gasteiger partial charge in [-0.05, 0) is 18.1 Å². The lowest BCUT2D eigenvalue weighted by atomic mass is 10.1. The number of rotatable bonds is 9. The van der Waals surface area contributed by atoms with Gasteiger partial charge in [0.15, 0.2) is 11.5 Å². The number of ether oxygens (including phenoxy) is 3. The molecule has 2 saturated heterocycles. The SMILES string of the molecule is COc1cc2ncnc(N3CCN(Cc4ccccc4)CC3)c2cc1OCCCN1CCOCC1. The van der Waals surface area contributed by atoms with Crippen molar-refractivity contribution in [3.05, 3.63) is 54.4 Å². The van der Waals surface area contributed by atoms with Gasteiger partial charge in [-0.3, -0.25) is 9.80 Å². The van der Waals surface area contributed by atoms with Crippen molar-refractivity contribution < 1.29 is 14.2 Å². The van der Waals surface area contributed by atoms with E-state index in [-0.39, 0.29) is 0 Å². The van der Waals surface area contributed by atoms with Crippen LogP contribution in [0.3, 0.4) is 0 Å². The quantitative estimate of drug-likeness (QED) is 0.436. The van der Waals surface area contributed by atoms with E-state index in [0.717, 1.165) is 94.5 Å². The minimum Gasteiger partial charge on any atom is -0.493 e. The Balaban J connectivity index is 1.24. The molecule has 0 atom stereocenters. The largest absolute Gasteiger partial charge is 0.493 e. The average molecular weight is 478 g/mol. The summed E-state index contributed by atoms with van der Waals surface area (Å²) in [5.74, 6) is 2.43. The van der Waals surface area contributed by atoms with Gasteiger partial charge in [0.25, 0.3) is 0 Å². The lowest BCUT2D eigenvalue weighted by Gasteiger charge is -2.35. The molecule has 1 aromatic heterocycles. The van der Waals surface area contributed by atoms with Crippen LogP contribution in [0.2, 0.25) is 0 Å². The lowest BCUT2D eigenvalue weighted by molar-refractivity contribution is 0.0357. The topological polar surface area (TPSA) is 63.2 Å². The lowest BCUT2D eigenvalue weighted by Crippen LogP contribution is -2.46. The summed E-state index contributed by atoms with van der Waals surface area (Å²) in [4.78, 5) is 16.5. The highest BCUT2D eigenvalue weighted by Crippen LogP contribution is 2.35. The predicted octanol–water partition coefficient (Wildman–Crippen LogP) is 3.06. The second kappa shape index (κ2) is 11.7. The van der Waals surface area contributed by atoms with Crippen molar-refractivity contribution in [2.75, 3.05) is 77.6 Å². The third-order valence-corrected chi connectivity index (χ3v) is 6.80. The maximum Gasteiger partial charge on any atom is 0.162 e. The Morgan fingerprint density at radius 1 is 0.886 bits per heavy atom. The van der Waals surface area contributed by atoms with Gasteiger partial charge in [-0.2, -0.15) is 0 Å². The Kier molecular flexibility index (Phi) is 7.92. The van der Waals surface area contributed by atoms with Crippen LogP contribution in [-0.2, 0) is 11.3 Å². The first-order valence-corrected chi connectivity index (χ1v) is 12.6. The maximum atomic E-state index is 6.19. The van der Waals surface area contributed by atoms with Crippen molar-refractivity contribution in [1.82, 2.24) is 19.8 Å². The summed E-state index contributed by atoms with van der Waals surface area (Å²) in [6.45, 7) is 10.1. The third kappa shape index (κ3) is 6.01. The Labute approximate surface area is 207 Å². The molecule has 3 heterocycles. The number of methoxy groups -OCH3 is 1. The van der Waals surface area contributed by atoms with E-state index >= 15 is 0 Å². The highest BCUT2D eigenvalue weighted by Gasteiger charge is 2.21. The second-order valence-electron chi connectivity index (χ2n) is 9.12. The van der Waals surface area contributed by atoms with Crippen molar-refractivity contribution in [2.24, 2.45) is 0 Å². The van der Waals surface area contributed by atoms with Gasteiger partial charge >= 0.3 is 0 Å². The number of piperazine rings is 1. The molecule has 0 N–H and O–H groups in total. The molecule has 8 heteroatoms. The van der Waals surface area contributed by atoms with Crippen LogP contribution >= 0.6 is 0 Å². The van der Waals surface area contributed by atoms with E-state index in [1.165, 1.54) is 5.56 Å². The first-order chi connectivity index (χ1) is 17.3. The smallest absolute Gasteiger partial charge is 0.162 e. The molecule has 2 aliphatic rings. The van der Waals surface area contributed by atoms with Crippen LogP contribution in [0.1, 0.15) is 12.0 Å². The van der Waals surface area contributed by atoms with Crippen LogP contribution in [0.25, 0.3) is 10.9 Å². The first kappa shape index (κ1) is 23.8. The van der Waals surface area contributed by atoms with Crippen molar-refractivity contribution in [1.29, 1.82) is 0 Å². The Hall–Kier alpha value is -2.94. The predicted molar refractivity (Wildman–Crippen MR) is 137 cm³/mol. The third-order valence-electron chi connectivity index (χ3n) is 6.80. The fourth-order valence-electron chi connectivity index (χ4n) is 4.83. The van der Waals surface area contributed by atoms with E-state index < -0.39 is 0 Å². The van der Waals surface area contributed by atoms with Gasteiger partial charge in [-0.1, -0.05) is 30.3 Å². The van der Waals surface area contributed by atoms with E-state index in [1.807, 2.05) is 6.07 Å². The van der Waals surface area contributed by atoms with Crippen LogP contribution in [0, 0.1) is 0 Å². The van der Waals surface area contributed by atoms with E-state index in [2.05, 4.69) is 61.1 Å². The monoisotopic (exact) mass is 477 g/mol. The van der Waals surface area contributed by atoms with Crippen molar-refractivity contribution in [3.63, 3.8) is 0 Å². The molecular weight excluding hydrogens is 442 g/mol. The molecule has 0 amide bonds. The molecule has 0 aliphatic carbocycles. The molecule has 35 heavy (non-hydrogen) atoms. The maximum absolute atomic E-state index is 6.19. The first-order valence-electron chi connectivity index (χ1n) is 12.6. The van der Waals surface area contributed by atoms with Gasteiger partial charge in [-0.15, -0.1) is 0 Å². The number of nitrogens with zero attached hydrogens (tertiary/aromatic N) is 5. The van der Waals surface area contributed by atoms with E-state index in [0.29, 0.717) is 12.4 Å². The molecule has 2 fully saturated rings. The Morgan fingerprint density at radius 3 is 2.46 bits per heavy atom. The molecule has 0 spiro atoms. The Morgan fingerprint density at radius 2 is 1.69 bits per heavy atom. The van der Waals surface area contributed by atoms with Gasteiger partial charge in [0, 0.05) is 63.8 Å². The van der Waals surface area contributed by atoms with Crippen molar-refractivity contribution >= 4 is 16.7 Å². The van der Waals surface area contributed by atoms with Crippen LogP contribution in [0.4, 0.5) is 5.82 Å². The summed E-state index contributed by atoms with van der Waals surface area (Å²) >= 11 is 0. The van der Waals surface area contributed by atoms with Crippen molar-refractivity contribution in [3.8, 4) is 11.5 Å². The average Bonchev–Trinajstić information content (AvgIpc) is 2.92. The molecular formula is C27H35N5O3. The molecule has 0 saturated carbocycles. The van der Waals surface area contributed by atoms with Gasteiger partial charge in [0.2, 0.25) is 0 Å². The van der Waals surface area contributed by atoms with Gasteiger partial charge in [0.1, 0.15) is 12.1 Å². The Bertz CT molecular complexity index is 1080. The fraction of sp³-hybridized carbons (Fsp3) is 0.481. The van der Waals surface area contributed by atoms with E-state index in [9.17, 15) is 0 Å². The fourth-order valence-corrected chi connectivity index (χ4v) is 4.83. The summed E-state index contributed by atoms with van der Waals surface area (Å²) < 4.78 is 17.2. The molecule has 0 unspecified atom stereocenters. The number of anilines is 1. The summed E-state index contributed by atoms with van der Waals surface area (Å²) in [6.07, 6.45) is 2.61. The van der Waals surface area contributed by atoms with Crippen LogP contribution < -0.4 is 14.4 Å².